The summed E-state index contributed by atoms with van der Waals surface area (Å²) in [6.07, 6.45) is 2.22. The zero-order chi connectivity index (χ0) is 21.5. The Labute approximate surface area is 177 Å². The molecule has 1 amide bonds. The molecule has 1 N–H and O–H groups in total. The van der Waals surface area contributed by atoms with Crippen LogP contribution < -0.4 is 10.1 Å². The van der Waals surface area contributed by atoms with Crippen molar-refractivity contribution in [1.29, 1.82) is 0 Å². The van der Waals surface area contributed by atoms with Crippen LogP contribution in [0.4, 0.5) is 8.78 Å². The highest BCUT2D eigenvalue weighted by molar-refractivity contribution is 7.99. The molecule has 0 saturated carbocycles. The van der Waals surface area contributed by atoms with Gasteiger partial charge in [0.1, 0.15) is 12.1 Å². The van der Waals surface area contributed by atoms with Crippen LogP contribution in [0.25, 0.3) is 5.69 Å². The lowest BCUT2D eigenvalue weighted by atomic mass is 10.1. The maximum absolute atomic E-state index is 12.2. The number of aromatic nitrogens is 3. The SMILES string of the molecule is Cc1ccc(-n2cnnc2SCC(=O)NCCc2ccc(OC(F)F)cc2)cc1C. The monoisotopic (exact) mass is 432 g/mol. The van der Waals surface area contributed by atoms with Crippen LogP contribution >= 0.6 is 11.8 Å². The van der Waals surface area contributed by atoms with E-state index in [4.69, 9.17) is 0 Å². The maximum atomic E-state index is 12.2. The number of halogens is 2. The van der Waals surface area contributed by atoms with Crippen molar-refractivity contribution in [3.05, 3.63) is 65.5 Å². The van der Waals surface area contributed by atoms with Crippen LogP contribution in [0.1, 0.15) is 16.7 Å². The van der Waals surface area contributed by atoms with Gasteiger partial charge in [-0.05, 0) is 61.2 Å². The number of nitrogens with one attached hydrogen (secondary N) is 1. The van der Waals surface area contributed by atoms with E-state index in [9.17, 15) is 13.6 Å². The van der Waals surface area contributed by atoms with Gasteiger partial charge in [-0.3, -0.25) is 9.36 Å². The highest BCUT2D eigenvalue weighted by Gasteiger charge is 2.11. The highest BCUT2D eigenvalue weighted by Crippen LogP contribution is 2.21. The van der Waals surface area contributed by atoms with Gasteiger partial charge in [0.15, 0.2) is 5.16 Å². The Bertz CT molecular complexity index is 993. The molecule has 3 rings (SSSR count). The van der Waals surface area contributed by atoms with Crippen LogP contribution in [0, 0.1) is 13.8 Å². The molecule has 0 unspecified atom stereocenters. The molecular formula is C21H22F2N4O2S. The number of thioether (sulfide) groups is 1. The quantitative estimate of drug-likeness (QED) is 0.519. The third kappa shape index (κ3) is 6.03. The third-order valence-corrected chi connectivity index (χ3v) is 5.44. The van der Waals surface area contributed by atoms with E-state index in [0.29, 0.717) is 18.1 Å². The summed E-state index contributed by atoms with van der Waals surface area (Å²) in [5.41, 5.74) is 4.24. The van der Waals surface area contributed by atoms with Gasteiger partial charge in [-0.1, -0.05) is 30.0 Å². The summed E-state index contributed by atoms with van der Waals surface area (Å²) < 4.78 is 30.5. The second kappa shape index (κ2) is 10.2. The lowest BCUT2D eigenvalue weighted by molar-refractivity contribution is -0.118. The van der Waals surface area contributed by atoms with Crippen molar-refractivity contribution in [3.63, 3.8) is 0 Å². The molecule has 0 bridgehead atoms. The van der Waals surface area contributed by atoms with E-state index in [-0.39, 0.29) is 17.4 Å². The van der Waals surface area contributed by atoms with E-state index < -0.39 is 6.61 Å². The first-order chi connectivity index (χ1) is 14.4. The molecule has 158 valence electrons. The topological polar surface area (TPSA) is 69.0 Å². The van der Waals surface area contributed by atoms with Crippen molar-refractivity contribution in [2.45, 2.75) is 32.0 Å². The molecule has 30 heavy (non-hydrogen) atoms. The first kappa shape index (κ1) is 21.8. The Kier molecular flexibility index (Phi) is 7.40. The maximum Gasteiger partial charge on any atom is 0.387 e. The zero-order valence-electron chi connectivity index (χ0n) is 16.6. The van der Waals surface area contributed by atoms with Crippen molar-refractivity contribution in [2.24, 2.45) is 0 Å². The van der Waals surface area contributed by atoms with Gasteiger partial charge >= 0.3 is 6.61 Å². The predicted molar refractivity (Wildman–Crippen MR) is 111 cm³/mol. The molecule has 0 aliphatic heterocycles. The van der Waals surface area contributed by atoms with Crippen molar-refractivity contribution in [3.8, 4) is 11.4 Å². The molecule has 1 heterocycles. The third-order valence-electron chi connectivity index (χ3n) is 4.50. The van der Waals surface area contributed by atoms with Gasteiger partial charge < -0.3 is 10.1 Å². The number of carbonyl (C=O) groups is 1. The van der Waals surface area contributed by atoms with E-state index in [1.165, 1.54) is 35.0 Å². The number of nitrogens with zero attached hydrogens (tertiary/aromatic N) is 3. The molecule has 0 spiro atoms. The molecule has 0 atom stereocenters. The van der Waals surface area contributed by atoms with Crippen LogP contribution in [0.2, 0.25) is 0 Å². The molecular weight excluding hydrogens is 410 g/mol. The van der Waals surface area contributed by atoms with Crippen LogP contribution in [-0.4, -0.2) is 39.6 Å². The van der Waals surface area contributed by atoms with Crippen molar-refractivity contribution in [1.82, 2.24) is 20.1 Å². The van der Waals surface area contributed by atoms with E-state index in [2.05, 4.69) is 33.2 Å². The Balaban J connectivity index is 1.46. The van der Waals surface area contributed by atoms with Crippen molar-refractivity contribution < 1.29 is 18.3 Å². The minimum absolute atomic E-state index is 0.113. The van der Waals surface area contributed by atoms with Crippen molar-refractivity contribution >= 4 is 17.7 Å². The van der Waals surface area contributed by atoms with Gasteiger partial charge in [0.2, 0.25) is 5.91 Å². The van der Waals surface area contributed by atoms with Crippen LogP contribution in [0.3, 0.4) is 0 Å². The van der Waals surface area contributed by atoms with Crippen LogP contribution in [-0.2, 0) is 11.2 Å². The first-order valence-electron chi connectivity index (χ1n) is 9.33. The minimum atomic E-state index is -2.84. The number of ether oxygens (including phenoxy) is 1. The summed E-state index contributed by atoms with van der Waals surface area (Å²) in [5.74, 6) is 0.208. The lowest BCUT2D eigenvalue weighted by Gasteiger charge is -2.09. The summed E-state index contributed by atoms with van der Waals surface area (Å²) in [7, 11) is 0. The molecule has 1 aromatic heterocycles. The van der Waals surface area contributed by atoms with E-state index in [1.807, 2.05) is 23.6 Å². The van der Waals surface area contributed by atoms with Crippen LogP contribution in [0.15, 0.2) is 53.9 Å². The van der Waals surface area contributed by atoms with Gasteiger partial charge in [0, 0.05) is 12.2 Å². The molecule has 2 aromatic carbocycles. The van der Waals surface area contributed by atoms with Gasteiger partial charge in [-0.15, -0.1) is 10.2 Å². The second-order valence-corrected chi connectivity index (χ2v) is 7.61. The van der Waals surface area contributed by atoms with Crippen LogP contribution in [0.5, 0.6) is 5.75 Å². The molecule has 6 nitrogen and oxygen atoms in total. The summed E-state index contributed by atoms with van der Waals surface area (Å²) in [6.45, 7) is 1.70. The number of rotatable bonds is 9. The van der Waals surface area contributed by atoms with Crippen molar-refractivity contribution in [2.75, 3.05) is 12.3 Å². The number of amides is 1. The van der Waals surface area contributed by atoms with Gasteiger partial charge in [0.05, 0.1) is 5.75 Å². The average Bonchev–Trinajstić information content (AvgIpc) is 3.18. The number of hydrogen-bond donors (Lipinski definition) is 1. The number of hydrogen-bond acceptors (Lipinski definition) is 5. The lowest BCUT2D eigenvalue weighted by Crippen LogP contribution is -2.27. The van der Waals surface area contributed by atoms with E-state index >= 15 is 0 Å². The Morgan fingerprint density at radius 3 is 2.63 bits per heavy atom. The Hall–Kier alpha value is -2.94. The van der Waals surface area contributed by atoms with Gasteiger partial charge in [-0.2, -0.15) is 8.78 Å². The summed E-state index contributed by atoms with van der Waals surface area (Å²) in [5, 5.41) is 11.6. The summed E-state index contributed by atoms with van der Waals surface area (Å²) in [6, 6.07) is 12.5. The Morgan fingerprint density at radius 1 is 1.17 bits per heavy atom. The first-order valence-corrected chi connectivity index (χ1v) is 10.3. The number of benzene rings is 2. The fourth-order valence-corrected chi connectivity index (χ4v) is 3.50. The molecule has 0 fully saturated rings. The Morgan fingerprint density at radius 2 is 1.93 bits per heavy atom. The molecule has 9 heteroatoms. The molecule has 0 aliphatic carbocycles. The van der Waals surface area contributed by atoms with Gasteiger partial charge in [0.25, 0.3) is 0 Å². The number of alkyl halides is 2. The largest absolute Gasteiger partial charge is 0.435 e. The molecule has 3 aromatic rings. The molecule has 0 radical (unpaired) electrons. The zero-order valence-corrected chi connectivity index (χ0v) is 17.5. The average molecular weight is 432 g/mol. The fraction of sp³-hybridized carbons (Fsp3) is 0.286. The smallest absolute Gasteiger partial charge is 0.387 e. The molecule has 0 aliphatic rings. The minimum Gasteiger partial charge on any atom is -0.435 e. The second-order valence-electron chi connectivity index (χ2n) is 6.66. The highest BCUT2D eigenvalue weighted by atomic mass is 32.2. The number of carbonyl (C=O) groups excluding carboxylic acids is 1. The standard InChI is InChI=1S/C21H22F2N4O2S/c1-14-3-6-17(11-15(14)2)27-13-25-26-21(27)30-12-19(28)24-10-9-16-4-7-18(8-5-16)29-20(22)23/h3-8,11,13,20H,9-10,12H2,1-2H3,(H,24,28). The predicted octanol–water partition coefficient (Wildman–Crippen LogP) is 3.94. The van der Waals surface area contributed by atoms with E-state index in [1.54, 1.807) is 18.5 Å². The van der Waals surface area contributed by atoms with E-state index in [0.717, 1.165) is 11.3 Å². The summed E-state index contributed by atoms with van der Waals surface area (Å²) in [4.78, 5) is 12.2. The summed E-state index contributed by atoms with van der Waals surface area (Å²) >= 11 is 1.31. The fourth-order valence-electron chi connectivity index (χ4n) is 2.74. The normalized spacial score (nSPS) is 11.0. The molecule has 0 saturated heterocycles. The number of aryl methyl sites for hydroxylation is 2. The van der Waals surface area contributed by atoms with Gasteiger partial charge in [-0.25, -0.2) is 0 Å².